The Morgan fingerprint density at radius 3 is 2.61 bits per heavy atom. The lowest BCUT2D eigenvalue weighted by molar-refractivity contribution is -0.129. The van der Waals surface area contributed by atoms with E-state index in [0.29, 0.717) is 6.54 Å². The summed E-state index contributed by atoms with van der Waals surface area (Å²) in [6.07, 6.45) is 1.63. The number of rotatable bonds is 5. The van der Waals surface area contributed by atoms with Crippen LogP contribution in [0.5, 0.6) is 0 Å². The molecule has 2 heterocycles. The van der Waals surface area contributed by atoms with Gasteiger partial charge in [-0.2, -0.15) is 0 Å². The number of nitrogens with zero attached hydrogens (tertiary/aromatic N) is 2. The van der Waals surface area contributed by atoms with E-state index in [0.717, 1.165) is 25.9 Å². The molecule has 1 aromatic rings. The maximum absolute atomic E-state index is 12.1. The van der Waals surface area contributed by atoms with Crippen LogP contribution in [0.25, 0.3) is 0 Å². The average Bonchev–Trinajstić information content (AvgIpc) is 3.01. The summed E-state index contributed by atoms with van der Waals surface area (Å²) < 4.78 is 0. The van der Waals surface area contributed by atoms with Crippen molar-refractivity contribution in [1.82, 2.24) is 20.4 Å². The van der Waals surface area contributed by atoms with E-state index in [4.69, 9.17) is 0 Å². The van der Waals surface area contributed by atoms with Crippen molar-refractivity contribution in [3.05, 3.63) is 22.4 Å². The molecule has 128 valence electrons. The number of urea groups is 1. The van der Waals surface area contributed by atoms with E-state index in [2.05, 4.69) is 27.0 Å². The molecule has 1 fully saturated rings. The summed E-state index contributed by atoms with van der Waals surface area (Å²) in [5.41, 5.74) is 0. The fraction of sp³-hybridized carbons (Fsp3) is 0.625. The summed E-state index contributed by atoms with van der Waals surface area (Å²) in [7, 11) is 4.03. The molecule has 6 nitrogen and oxygen atoms in total. The van der Waals surface area contributed by atoms with Gasteiger partial charge in [0.1, 0.15) is 0 Å². The normalized spacial score (nSPS) is 17.1. The number of thiophene rings is 1. The van der Waals surface area contributed by atoms with Gasteiger partial charge in [0, 0.05) is 37.5 Å². The van der Waals surface area contributed by atoms with Crippen molar-refractivity contribution in [3.63, 3.8) is 0 Å². The lowest BCUT2D eigenvalue weighted by Crippen LogP contribution is -2.49. The summed E-state index contributed by atoms with van der Waals surface area (Å²) in [5, 5.41) is 8.03. The van der Waals surface area contributed by atoms with Crippen LogP contribution in [0.15, 0.2) is 17.5 Å². The van der Waals surface area contributed by atoms with Crippen LogP contribution in [0.3, 0.4) is 0 Å². The van der Waals surface area contributed by atoms with Crippen LogP contribution in [0, 0.1) is 0 Å². The number of amides is 3. The highest BCUT2D eigenvalue weighted by Gasteiger charge is 2.22. The van der Waals surface area contributed by atoms with E-state index in [1.54, 1.807) is 18.3 Å². The number of hydrogen-bond acceptors (Lipinski definition) is 4. The van der Waals surface area contributed by atoms with Gasteiger partial charge >= 0.3 is 6.03 Å². The highest BCUT2D eigenvalue weighted by Crippen LogP contribution is 2.22. The minimum Gasteiger partial charge on any atom is -0.343 e. The molecule has 1 aromatic heterocycles. The molecule has 7 heteroatoms. The summed E-state index contributed by atoms with van der Waals surface area (Å²) in [5.74, 6) is 0.109. The first-order chi connectivity index (χ1) is 11.0. The Balaban J connectivity index is 1.75. The van der Waals surface area contributed by atoms with Crippen molar-refractivity contribution in [2.24, 2.45) is 0 Å². The van der Waals surface area contributed by atoms with Gasteiger partial charge in [-0.3, -0.25) is 4.79 Å². The van der Waals surface area contributed by atoms with Crippen LogP contribution >= 0.6 is 11.3 Å². The molecule has 2 rings (SSSR count). The van der Waals surface area contributed by atoms with Crippen molar-refractivity contribution in [1.29, 1.82) is 0 Å². The van der Waals surface area contributed by atoms with Gasteiger partial charge in [-0.1, -0.05) is 6.07 Å². The summed E-state index contributed by atoms with van der Waals surface area (Å²) in [4.78, 5) is 28.6. The molecule has 0 spiro atoms. The molecule has 0 unspecified atom stereocenters. The zero-order valence-corrected chi connectivity index (χ0v) is 14.9. The molecular weight excluding hydrogens is 312 g/mol. The smallest absolute Gasteiger partial charge is 0.315 e. The fourth-order valence-corrected chi connectivity index (χ4v) is 3.71. The van der Waals surface area contributed by atoms with Gasteiger partial charge in [0.25, 0.3) is 0 Å². The third kappa shape index (κ3) is 5.21. The van der Waals surface area contributed by atoms with Crippen molar-refractivity contribution < 1.29 is 9.59 Å². The van der Waals surface area contributed by atoms with Gasteiger partial charge in [0.05, 0.1) is 6.04 Å². The predicted octanol–water partition coefficient (Wildman–Crippen LogP) is 1.66. The fourth-order valence-electron chi connectivity index (χ4n) is 2.78. The second-order valence-electron chi connectivity index (χ2n) is 6.13. The second-order valence-corrected chi connectivity index (χ2v) is 7.11. The van der Waals surface area contributed by atoms with Crippen LogP contribution in [0.1, 0.15) is 30.7 Å². The van der Waals surface area contributed by atoms with E-state index in [9.17, 15) is 9.59 Å². The first-order valence-electron chi connectivity index (χ1n) is 7.97. The molecule has 1 aliphatic heterocycles. The lowest BCUT2D eigenvalue weighted by Gasteiger charge is -2.32. The van der Waals surface area contributed by atoms with E-state index in [1.807, 2.05) is 25.1 Å². The number of hydrogen-bond donors (Lipinski definition) is 2. The van der Waals surface area contributed by atoms with E-state index < -0.39 is 0 Å². The van der Waals surface area contributed by atoms with E-state index in [1.165, 1.54) is 4.88 Å². The third-order valence-electron chi connectivity index (χ3n) is 4.23. The van der Waals surface area contributed by atoms with Gasteiger partial charge in [-0.25, -0.2) is 4.79 Å². The number of carbonyl (C=O) groups excluding carboxylic acids is 2. The molecular formula is C16H26N4O2S. The first kappa shape index (κ1) is 17.7. The quantitative estimate of drug-likeness (QED) is 0.858. The monoisotopic (exact) mass is 338 g/mol. The number of piperidine rings is 1. The maximum Gasteiger partial charge on any atom is 0.315 e. The zero-order valence-electron chi connectivity index (χ0n) is 14.0. The van der Waals surface area contributed by atoms with Gasteiger partial charge in [-0.15, -0.1) is 11.3 Å². The highest BCUT2D eigenvalue weighted by molar-refractivity contribution is 7.10. The Hall–Kier alpha value is -1.60. The molecule has 1 aliphatic rings. The number of nitrogens with one attached hydrogen (secondary N) is 2. The summed E-state index contributed by atoms with van der Waals surface area (Å²) >= 11 is 1.70. The van der Waals surface area contributed by atoms with Crippen LogP contribution < -0.4 is 10.6 Å². The maximum atomic E-state index is 12.1. The summed E-state index contributed by atoms with van der Waals surface area (Å²) in [6.45, 7) is 3.60. The molecule has 23 heavy (non-hydrogen) atoms. The Morgan fingerprint density at radius 2 is 2.09 bits per heavy atom. The number of likely N-dealkylation sites (tertiary alicyclic amines) is 1. The van der Waals surface area contributed by atoms with E-state index >= 15 is 0 Å². The van der Waals surface area contributed by atoms with Gasteiger partial charge in [0.2, 0.25) is 5.91 Å². The van der Waals surface area contributed by atoms with Crippen LogP contribution in [0.4, 0.5) is 4.79 Å². The first-order valence-corrected chi connectivity index (χ1v) is 8.85. The Morgan fingerprint density at radius 1 is 1.39 bits per heavy atom. The second kappa shape index (κ2) is 8.31. The van der Waals surface area contributed by atoms with Gasteiger partial charge < -0.3 is 20.4 Å². The van der Waals surface area contributed by atoms with Crippen LogP contribution in [-0.4, -0.2) is 61.5 Å². The van der Waals surface area contributed by atoms with E-state index in [-0.39, 0.29) is 24.0 Å². The molecule has 0 aliphatic carbocycles. The zero-order chi connectivity index (χ0) is 16.8. The van der Waals surface area contributed by atoms with Gasteiger partial charge in [0.15, 0.2) is 0 Å². The minimum atomic E-state index is -0.130. The SMILES string of the molecule is CC(=O)N1CCC(NC(=O)NC[C@H](c2cccs2)N(C)C)CC1. The van der Waals surface area contributed by atoms with Crippen molar-refractivity contribution in [3.8, 4) is 0 Å². The molecule has 0 bridgehead atoms. The van der Waals surface area contributed by atoms with Gasteiger partial charge in [-0.05, 0) is 38.4 Å². The molecule has 3 amide bonds. The number of carbonyl (C=O) groups is 2. The molecule has 0 saturated carbocycles. The standard InChI is InChI=1S/C16H26N4O2S/c1-12(21)20-8-6-13(7-9-20)18-16(22)17-11-14(19(2)3)15-5-4-10-23-15/h4-5,10,13-14H,6-9,11H2,1-3H3,(H2,17,18,22)/t14-/m1/s1. The minimum absolute atomic E-state index is 0.109. The molecule has 0 radical (unpaired) electrons. The Kier molecular flexibility index (Phi) is 6.41. The topological polar surface area (TPSA) is 64.7 Å². The highest BCUT2D eigenvalue weighted by atomic mass is 32.1. The average molecular weight is 338 g/mol. The van der Waals surface area contributed by atoms with Crippen LogP contribution in [-0.2, 0) is 4.79 Å². The Bertz CT molecular complexity index is 510. The number of likely N-dealkylation sites (N-methyl/N-ethyl adjacent to an activating group) is 1. The van der Waals surface area contributed by atoms with Crippen molar-refractivity contribution in [2.75, 3.05) is 33.7 Å². The van der Waals surface area contributed by atoms with Crippen LogP contribution in [0.2, 0.25) is 0 Å². The summed E-state index contributed by atoms with van der Waals surface area (Å²) in [6, 6.07) is 4.31. The molecule has 2 N–H and O–H groups in total. The predicted molar refractivity (Wildman–Crippen MR) is 92.6 cm³/mol. The largest absolute Gasteiger partial charge is 0.343 e. The molecule has 1 atom stereocenters. The third-order valence-corrected chi connectivity index (χ3v) is 5.20. The Labute approximate surface area is 141 Å². The van der Waals surface area contributed by atoms with Crippen molar-refractivity contribution >= 4 is 23.3 Å². The lowest BCUT2D eigenvalue weighted by atomic mass is 10.1. The molecule has 0 aromatic carbocycles. The van der Waals surface area contributed by atoms with Crippen molar-refractivity contribution in [2.45, 2.75) is 31.8 Å². The molecule has 1 saturated heterocycles.